The fourth-order valence-corrected chi connectivity index (χ4v) is 1.86. The van der Waals surface area contributed by atoms with Crippen molar-refractivity contribution in [2.24, 2.45) is 0 Å². The van der Waals surface area contributed by atoms with E-state index in [-0.39, 0.29) is 11.4 Å². The van der Waals surface area contributed by atoms with E-state index in [0.717, 1.165) is 6.54 Å². The van der Waals surface area contributed by atoms with Gasteiger partial charge in [0.25, 0.3) is 0 Å². The molecule has 21 heavy (non-hydrogen) atoms. The van der Waals surface area contributed by atoms with Gasteiger partial charge in [0.1, 0.15) is 11.6 Å². The maximum atomic E-state index is 14.1. The first-order chi connectivity index (χ1) is 9.89. The Bertz CT molecular complexity index is 602. The van der Waals surface area contributed by atoms with Crippen molar-refractivity contribution >= 4 is 0 Å². The summed E-state index contributed by atoms with van der Waals surface area (Å²) in [6.45, 7) is 9.30. The van der Waals surface area contributed by atoms with Crippen molar-refractivity contribution < 1.29 is 9.13 Å². The minimum absolute atomic E-state index is 0.0906. The van der Waals surface area contributed by atoms with Crippen LogP contribution in [0.5, 0.6) is 11.5 Å². The molecular formula is C16H22FN3O. The molecule has 0 unspecified atom stereocenters. The average molecular weight is 291 g/mol. The highest BCUT2D eigenvalue weighted by Crippen LogP contribution is 2.27. The summed E-state index contributed by atoms with van der Waals surface area (Å²) in [5.41, 5.74) is 0.434. The van der Waals surface area contributed by atoms with E-state index < -0.39 is 0 Å². The summed E-state index contributed by atoms with van der Waals surface area (Å²) in [5.74, 6) is 0.856. The van der Waals surface area contributed by atoms with E-state index in [1.807, 2.05) is 27.7 Å². The highest BCUT2D eigenvalue weighted by molar-refractivity contribution is 5.37. The first kappa shape index (κ1) is 15.5. The van der Waals surface area contributed by atoms with E-state index in [1.54, 1.807) is 29.2 Å². The number of aryl methyl sites for hydroxylation is 1. The standard InChI is InChI=1S/C16H22FN3O/c1-5-20-11-12(9-19-20)21-15-8-6-7-14(17)13(15)10-18-16(2,3)4/h6-9,11,18H,5,10H2,1-4H3. The molecule has 1 aromatic heterocycles. The third-order valence-corrected chi connectivity index (χ3v) is 3.03. The van der Waals surface area contributed by atoms with Gasteiger partial charge in [-0.15, -0.1) is 0 Å². The predicted molar refractivity (Wildman–Crippen MR) is 81.0 cm³/mol. The number of hydrogen-bond acceptors (Lipinski definition) is 3. The third-order valence-electron chi connectivity index (χ3n) is 3.03. The van der Waals surface area contributed by atoms with Crippen molar-refractivity contribution in [1.82, 2.24) is 15.1 Å². The molecule has 2 aromatic rings. The van der Waals surface area contributed by atoms with E-state index >= 15 is 0 Å². The Balaban J connectivity index is 2.20. The zero-order chi connectivity index (χ0) is 15.5. The summed E-state index contributed by atoms with van der Waals surface area (Å²) in [6, 6.07) is 4.86. The lowest BCUT2D eigenvalue weighted by Crippen LogP contribution is -2.35. The van der Waals surface area contributed by atoms with Gasteiger partial charge < -0.3 is 10.1 Å². The van der Waals surface area contributed by atoms with Gasteiger partial charge >= 0.3 is 0 Å². The first-order valence-electron chi connectivity index (χ1n) is 7.12. The number of benzene rings is 1. The molecule has 1 N–H and O–H groups in total. The molecule has 1 heterocycles. The van der Waals surface area contributed by atoms with Crippen LogP contribution in [-0.4, -0.2) is 15.3 Å². The van der Waals surface area contributed by atoms with E-state index in [0.29, 0.717) is 23.6 Å². The topological polar surface area (TPSA) is 39.1 Å². The molecule has 0 bridgehead atoms. The van der Waals surface area contributed by atoms with Crippen LogP contribution in [0.15, 0.2) is 30.6 Å². The number of nitrogens with zero attached hydrogens (tertiary/aromatic N) is 2. The van der Waals surface area contributed by atoms with Crippen LogP contribution in [0.3, 0.4) is 0 Å². The van der Waals surface area contributed by atoms with Crippen molar-refractivity contribution in [1.29, 1.82) is 0 Å². The van der Waals surface area contributed by atoms with Crippen molar-refractivity contribution in [2.45, 2.75) is 46.3 Å². The van der Waals surface area contributed by atoms with Crippen molar-refractivity contribution in [3.05, 3.63) is 42.0 Å². The lowest BCUT2D eigenvalue weighted by molar-refractivity contribution is 0.406. The van der Waals surface area contributed by atoms with E-state index in [1.165, 1.54) is 6.07 Å². The Kier molecular flexibility index (Phi) is 4.63. The molecule has 0 radical (unpaired) electrons. The quantitative estimate of drug-likeness (QED) is 0.912. The van der Waals surface area contributed by atoms with Gasteiger partial charge in [-0.1, -0.05) is 6.07 Å². The Hall–Kier alpha value is -1.88. The minimum Gasteiger partial charge on any atom is -0.454 e. The summed E-state index contributed by atoms with van der Waals surface area (Å²) in [5, 5.41) is 7.43. The molecule has 0 aliphatic carbocycles. The van der Waals surface area contributed by atoms with Crippen LogP contribution >= 0.6 is 0 Å². The molecule has 4 nitrogen and oxygen atoms in total. The van der Waals surface area contributed by atoms with Gasteiger partial charge in [0.2, 0.25) is 0 Å². The summed E-state index contributed by atoms with van der Waals surface area (Å²) >= 11 is 0. The zero-order valence-corrected chi connectivity index (χ0v) is 13.0. The van der Waals surface area contributed by atoms with E-state index in [9.17, 15) is 4.39 Å². The summed E-state index contributed by atoms with van der Waals surface area (Å²) in [6.07, 6.45) is 3.43. The van der Waals surface area contributed by atoms with Gasteiger partial charge in [-0.2, -0.15) is 5.10 Å². The van der Waals surface area contributed by atoms with Gasteiger partial charge in [0.05, 0.1) is 12.4 Å². The fourth-order valence-electron chi connectivity index (χ4n) is 1.86. The smallest absolute Gasteiger partial charge is 0.165 e. The SMILES string of the molecule is CCn1cc(Oc2cccc(F)c2CNC(C)(C)C)cn1. The normalized spacial score (nSPS) is 11.7. The van der Waals surface area contributed by atoms with Gasteiger partial charge in [0, 0.05) is 24.2 Å². The third kappa shape index (κ3) is 4.29. The molecule has 5 heteroatoms. The maximum Gasteiger partial charge on any atom is 0.165 e. The van der Waals surface area contributed by atoms with Crippen LogP contribution in [0, 0.1) is 5.82 Å². The van der Waals surface area contributed by atoms with Gasteiger partial charge in [0.15, 0.2) is 5.75 Å². The molecule has 0 aliphatic rings. The van der Waals surface area contributed by atoms with Crippen molar-refractivity contribution in [3.8, 4) is 11.5 Å². The number of rotatable bonds is 5. The molecule has 0 aliphatic heterocycles. The van der Waals surface area contributed by atoms with Gasteiger partial charge in [-0.3, -0.25) is 4.68 Å². The average Bonchev–Trinajstić information content (AvgIpc) is 2.84. The maximum absolute atomic E-state index is 14.1. The lowest BCUT2D eigenvalue weighted by Gasteiger charge is -2.21. The highest BCUT2D eigenvalue weighted by atomic mass is 19.1. The molecule has 114 valence electrons. The summed E-state index contributed by atoms with van der Waals surface area (Å²) in [4.78, 5) is 0. The summed E-state index contributed by atoms with van der Waals surface area (Å²) in [7, 11) is 0. The highest BCUT2D eigenvalue weighted by Gasteiger charge is 2.15. The van der Waals surface area contributed by atoms with Crippen molar-refractivity contribution in [3.63, 3.8) is 0 Å². The summed E-state index contributed by atoms with van der Waals surface area (Å²) < 4.78 is 21.6. The monoisotopic (exact) mass is 291 g/mol. The molecule has 0 spiro atoms. The predicted octanol–water partition coefficient (Wildman–Crippen LogP) is 3.72. The van der Waals surface area contributed by atoms with Crippen molar-refractivity contribution in [2.75, 3.05) is 0 Å². The Morgan fingerprint density at radius 3 is 2.71 bits per heavy atom. The minimum atomic E-state index is -0.271. The van der Waals surface area contributed by atoms with Crippen LogP contribution < -0.4 is 10.1 Å². The van der Waals surface area contributed by atoms with Crippen LogP contribution in [0.1, 0.15) is 33.3 Å². The number of aromatic nitrogens is 2. The number of halogens is 1. The van der Waals surface area contributed by atoms with Crippen LogP contribution in [0.25, 0.3) is 0 Å². The van der Waals surface area contributed by atoms with Gasteiger partial charge in [-0.05, 0) is 39.8 Å². The molecule has 1 aromatic carbocycles. The molecule has 0 saturated heterocycles. The number of ether oxygens (including phenoxy) is 1. The Morgan fingerprint density at radius 1 is 1.33 bits per heavy atom. The van der Waals surface area contributed by atoms with Crippen LogP contribution in [0.2, 0.25) is 0 Å². The first-order valence-corrected chi connectivity index (χ1v) is 7.12. The molecule has 0 saturated carbocycles. The molecule has 0 fully saturated rings. The second-order valence-corrected chi connectivity index (χ2v) is 5.95. The van der Waals surface area contributed by atoms with E-state index in [2.05, 4.69) is 10.4 Å². The number of nitrogens with one attached hydrogen (secondary N) is 1. The molecular weight excluding hydrogens is 269 g/mol. The molecule has 0 amide bonds. The zero-order valence-electron chi connectivity index (χ0n) is 13.0. The second-order valence-electron chi connectivity index (χ2n) is 5.95. The Morgan fingerprint density at radius 2 is 2.10 bits per heavy atom. The Labute approximate surface area is 124 Å². The number of hydrogen-bond donors (Lipinski definition) is 1. The molecule has 2 rings (SSSR count). The fraction of sp³-hybridized carbons (Fsp3) is 0.438. The largest absolute Gasteiger partial charge is 0.454 e. The van der Waals surface area contributed by atoms with Crippen LogP contribution in [-0.2, 0) is 13.1 Å². The molecule has 0 atom stereocenters. The second kappa shape index (κ2) is 6.26. The van der Waals surface area contributed by atoms with Crippen LogP contribution in [0.4, 0.5) is 4.39 Å². The van der Waals surface area contributed by atoms with E-state index in [4.69, 9.17) is 4.74 Å². The van der Waals surface area contributed by atoms with Gasteiger partial charge in [-0.25, -0.2) is 4.39 Å². The lowest BCUT2D eigenvalue weighted by atomic mass is 10.1.